The highest BCUT2D eigenvalue weighted by molar-refractivity contribution is 6.08. The minimum atomic E-state index is -1.68. The molecule has 0 bridgehead atoms. The van der Waals surface area contributed by atoms with Crippen molar-refractivity contribution in [2.24, 2.45) is 0 Å². The number of rotatable bonds is 4. The van der Waals surface area contributed by atoms with Crippen LogP contribution in [0.15, 0.2) is 60.7 Å². The Hall–Kier alpha value is -3.61. The summed E-state index contributed by atoms with van der Waals surface area (Å²) in [7, 11) is 0. The van der Waals surface area contributed by atoms with Gasteiger partial charge in [0.2, 0.25) is 0 Å². The van der Waals surface area contributed by atoms with Gasteiger partial charge < -0.3 is 10.6 Å². The van der Waals surface area contributed by atoms with E-state index in [2.05, 4.69) is 10.6 Å². The molecule has 0 unspecified atom stereocenters. The summed E-state index contributed by atoms with van der Waals surface area (Å²) in [5, 5.41) is 4.91. The third kappa shape index (κ3) is 4.03. The summed E-state index contributed by atoms with van der Waals surface area (Å²) in [4.78, 5) is 24.8. The SMILES string of the molecule is Cc1ccccc1NC(=O)c1cccc(C(=O)Nc2ccc(F)c(F)c2F)c1. The topological polar surface area (TPSA) is 58.2 Å². The largest absolute Gasteiger partial charge is 0.322 e. The van der Waals surface area contributed by atoms with Crippen LogP contribution in [-0.2, 0) is 0 Å². The first-order chi connectivity index (χ1) is 13.4. The summed E-state index contributed by atoms with van der Waals surface area (Å²) in [6.07, 6.45) is 0. The number of para-hydroxylation sites is 1. The fourth-order valence-electron chi connectivity index (χ4n) is 2.53. The highest BCUT2D eigenvalue weighted by atomic mass is 19.2. The van der Waals surface area contributed by atoms with Crippen molar-refractivity contribution in [1.82, 2.24) is 0 Å². The van der Waals surface area contributed by atoms with Crippen molar-refractivity contribution >= 4 is 23.2 Å². The van der Waals surface area contributed by atoms with Crippen molar-refractivity contribution in [1.29, 1.82) is 0 Å². The average molecular weight is 384 g/mol. The Morgan fingerprint density at radius 3 is 1.96 bits per heavy atom. The molecule has 2 amide bonds. The zero-order valence-electron chi connectivity index (χ0n) is 14.7. The van der Waals surface area contributed by atoms with Gasteiger partial charge in [-0.05, 0) is 48.9 Å². The second-order valence-electron chi connectivity index (χ2n) is 6.03. The zero-order valence-corrected chi connectivity index (χ0v) is 14.7. The molecule has 0 saturated carbocycles. The Morgan fingerprint density at radius 2 is 1.32 bits per heavy atom. The Bertz CT molecular complexity index is 1070. The molecule has 3 rings (SSSR count). The molecule has 0 heterocycles. The molecule has 142 valence electrons. The molecule has 0 aliphatic heterocycles. The van der Waals surface area contributed by atoms with Gasteiger partial charge in [-0.25, -0.2) is 13.2 Å². The predicted octanol–water partition coefficient (Wildman–Crippen LogP) is 4.92. The van der Waals surface area contributed by atoms with Gasteiger partial charge in [-0.3, -0.25) is 9.59 Å². The van der Waals surface area contributed by atoms with Crippen LogP contribution < -0.4 is 10.6 Å². The van der Waals surface area contributed by atoms with Crippen LogP contribution in [0.4, 0.5) is 24.5 Å². The van der Waals surface area contributed by atoms with E-state index in [0.717, 1.165) is 11.6 Å². The van der Waals surface area contributed by atoms with E-state index in [1.807, 2.05) is 19.1 Å². The Kier molecular flexibility index (Phi) is 5.44. The van der Waals surface area contributed by atoms with Crippen LogP contribution >= 0.6 is 0 Å². The van der Waals surface area contributed by atoms with Gasteiger partial charge in [-0.2, -0.15) is 0 Å². The number of hydrogen-bond acceptors (Lipinski definition) is 2. The third-order valence-corrected chi connectivity index (χ3v) is 4.06. The second-order valence-corrected chi connectivity index (χ2v) is 6.03. The molecule has 0 spiro atoms. The Morgan fingerprint density at radius 1 is 0.714 bits per heavy atom. The van der Waals surface area contributed by atoms with Gasteiger partial charge >= 0.3 is 0 Å². The zero-order chi connectivity index (χ0) is 20.3. The molecule has 7 heteroatoms. The van der Waals surface area contributed by atoms with E-state index in [0.29, 0.717) is 11.8 Å². The van der Waals surface area contributed by atoms with Crippen molar-refractivity contribution in [3.05, 3.63) is 94.8 Å². The fraction of sp³-hybridized carbons (Fsp3) is 0.0476. The maximum Gasteiger partial charge on any atom is 0.255 e. The van der Waals surface area contributed by atoms with E-state index in [4.69, 9.17) is 0 Å². The van der Waals surface area contributed by atoms with Crippen LogP contribution in [0, 0.1) is 24.4 Å². The first-order valence-electron chi connectivity index (χ1n) is 8.28. The summed E-state index contributed by atoms with van der Waals surface area (Å²) in [5.74, 6) is -5.73. The van der Waals surface area contributed by atoms with Gasteiger partial charge in [0.1, 0.15) is 0 Å². The molecule has 2 N–H and O–H groups in total. The summed E-state index contributed by atoms with van der Waals surface area (Å²) < 4.78 is 40.0. The second kappa shape index (κ2) is 7.96. The standard InChI is InChI=1S/C21H15F3N2O2/c1-12-5-2-3-8-16(12)25-20(27)13-6-4-7-14(11-13)21(28)26-17-10-9-15(22)18(23)19(17)24/h2-11H,1H3,(H,25,27)(H,26,28). The molecule has 0 fully saturated rings. The maximum atomic E-state index is 13.7. The molecule has 28 heavy (non-hydrogen) atoms. The predicted molar refractivity (Wildman–Crippen MR) is 99.8 cm³/mol. The minimum Gasteiger partial charge on any atom is -0.322 e. The minimum absolute atomic E-state index is 0.0570. The first kappa shape index (κ1) is 19.2. The van der Waals surface area contributed by atoms with Crippen LogP contribution in [-0.4, -0.2) is 11.8 Å². The lowest BCUT2D eigenvalue weighted by molar-refractivity contribution is 0.102. The van der Waals surface area contributed by atoms with E-state index >= 15 is 0 Å². The molecular formula is C21H15F3N2O2. The lowest BCUT2D eigenvalue weighted by Crippen LogP contribution is -2.16. The van der Waals surface area contributed by atoms with E-state index < -0.39 is 35.0 Å². The van der Waals surface area contributed by atoms with E-state index in [-0.39, 0.29) is 11.1 Å². The van der Waals surface area contributed by atoms with E-state index in [1.165, 1.54) is 24.3 Å². The van der Waals surface area contributed by atoms with Crippen LogP contribution in [0.3, 0.4) is 0 Å². The summed E-state index contributed by atoms with van der Waals surface area (Å²) in [6, 6.07) is 14.6. The van der Waals surface area contributed by atoms with Crippen molar-refractivity contribution in [2.75, 3.05) is 10.6 Å². The van der Waals surface area contributed by atoms with Crippen molar-refractivity contribution < 1.29 is 22.8 Å². The van der Waals surface area contributed by atoms with E-state index in [9.17, 15) is 22.8 Å². The molecule has 0 aliphatic carbocycles. The molecule has 0 atom stereocenters. The van der Waals surface area contributed by atoms with Crippen LogP contribution in [0.1, 0.15) is 26.3 Å². The lowest BCUT2D eigenvalue weighted by atomic mass is 10.1. The van der Waals surface area contributed by atoms with Gasteiger partial charge in [0.15, 0.2) is 17.5 Å². The molecule has 0 aliphatic rings. The number of carbonyl (C=O) groups excluding carboxylic acids is 2. The van der Waals surface area contributed by atoms with Gasteiger partial charge in [-0.15, -0.1) is 0 Å². The molecule has 3 aromatic rings. The molecule has 4 nitrogen and oxygen atoms in total. The van der Waals surface area contributed by atoms with Gasteiger partial charge in [0, 0.05) is 16.8 Å². The van der Waals surface area contributed by atoms with Gasteiger partial charge in [0.05, 0.1) is 5.69 Å². The maximum absolute atomic E-state index is 13.7. The Labute approximate surface area is 159 Å². The van der Waals surface area contributed by atoms with Crippen molar-refractivity contribution in [3.8, 4) is 0 Å². The molecule has 0 radical (unpaired) electrons. The third-order valence-electron chi connectivity index (χ3n) is 4.06. The van der Waals surface area contributed by atoms with E-state index in [1.54, 1.807) is 12.1 Å². The quantitative estimate of drug-likeness (QED) is 0.628. The number of hydrogen-bond donors (Lipinski definition) is 2. The van der Waals surface area contributed by atoms with Crippen molar-refractivity contribution in [2.45, 2.75) is 6.92 Å². The monoisotopic (exact) mass is 384 g/mol. The number of amides is 2. The number of halogens is 3. The number of carbonyl (C=O) groups is 2. The van der Waals surface area contributed by atoms with Crippen LogP contribution in [0.25, 0.3) is 0 Å². The Balaban J connectivity index is 1.79. The number of nitrogens with one attached hydrogen (secondary N) is 2. The van der Waals surface area contributed by atoms with Crippen LogP contribution in [0.2, 0.25) is 0 Å². The highest BCUT2D eigenvalue weighted by Gasteiger charge is 2.17. The van der Waals surface area contributed by atoms with Crippen LogP contribution in [0.5, 0.6) is 0 Å². The first-order valence-corrected chi connectivity index (χ1v) is 8.28. The normalized spacial score (nSPS) is 10.4. The molecule has 0 saturated heterocycles. The van der Waals surface area contributed by atoms with Gasteiger partial charge in [-0.1, -0.05) is 24.3 Å². The molecular weight excluding hydrogens is 369 g/mol. The number of aryl methyl sites for hydroxylation is 1. The number of anilines is 2. The lowest BCUT2D eigenvalue weighted by Gasteiger charge is -2.10. The summed E-state index contributed by atoms with van der Waals surface area (Å²) >= 11 is 0. The summed E-state index contributed by atoms with van der Waals surface area (Å²) in [5.41, 5.74) is 1.27. The van der Waals surface area contributed by atoms with Gasteiger partial charge in [0.25, 0.3) is 11.8 Å². The average Bonchev–Trinajstić information content (AvgIpc) is 2.70. The fourth-order valence-corrected chi connectivity index (χ4v) is 2.53. The highest BCUT2D eigenvalue weighted by Crippen LogP contribution is 2.21. The summed E-state index contributed by atoms with van der Waals surface area (Å²) in [6.45, 7) is 1.84. The molecule has 0 aromatic heterocycles. The van der Waals surface area contributed by atoms with Crippen molar-refractivity contribution in [3.63, 3.8) is 0 Å². The smallest absolute Gasteiger partial charge is 0.255 e. The molecule has 3 aromatic carbocycles. The number of benzene rings is 3.